The van der Waals surface area contributed by atoms with Gasteiger partial charge in [0.25, 0.3) is 12.2 Å². The molecule has 0 radical (unpaired) electrons. The molecule has 2 aliphatic rings. The maximum absolute atomic E-state index is 12.0. The van der Waals surface area contributed by atoms with Crippen LogP contribution in [0.15, 0.2) is 0 Å². The van der Waals surface area contributed by atoms with E-state index >= 15 is 0 Å². The minimum atomic E-state index is -5.15. The monoisotopic (exact) mass is 282 g/mol. The number of rotatable bonds is 3. The Morgan fingerprint density at radius 1 is 1.32 bits per heavy atom. The number of nitrogens with one attached hydrogen (secondary N) is 1. The molecule has 1 atom stereocenters. The molecule has 0 aromatic heterocycles. The van der Waals surface area contributed by atoms with Crippen molar-refractivity contribution in [3.8, 4) is 0 Å². The Hall–Kier alpha value is -1.35. The zero-order chi connectivity index (χ0) is 14.3. The highest BCUT2D eigenvalue weighted by Crippen LogP contribution is 2.34. The molecule has 2 fully saturated rings. The minimum absolute atomic E-state index is 0.0297. The van der Waals surface area contributed by atoms with E-state index in [1.54, 1.807) is 0 Å². The van der Waals surface area contributed by atoms with Crippen LogP contribution in [0.5, 0.6) is 0 Å². The molecule has 19 heavy (non-hydrogen) atoms. The number of carbonyl (C=O) groups is 2. The highest BCUT2D eigenvalue weighted by atomic mass is 19.4. The van der Waals surface area contributed by atoms with Crippen LogP contribution in [0.3, 0.4) is 0 Å². The van der Waals surface area contributed by atoms with E-state index in [1.807, 2.05) is 0 Å². The number of amides is 1. The molecule has 6 nitrogen and oxygen atoms in total. The van der Waals surface area contributed by atoms with E-state index in [4.69, 9.17) is 0 Å². The average Bonchev–Trinajstić information content (AvgIpc) is 2.19. The Labute approximate surface area is 106 Å². The van der Waals surface area contributed by atoms with Crippen LogP contribution in [-0.2, 0) is 19.1 Å². The summed E-state index contributed by atoms with van der Waals surface area (Å²) < 4.78 is 44.6. The molecular weight excluding hydrogens is 269 g/mol. The van der Waals surface area contributed by atoms with Crippen LogP contribution in [-0.4, -0.2) is 62.5 Å². The van der Waals surface area contributed by atoms with Crippen molar-refractivity contribution < 1.29 is 32.2 Å². The molecule has 9 heteroatoms. The first-order valence-electron chi connectivity index (χ1n) is 5.58. The van der Waals surface area contributed by atoms with Crippen molar-refractivity contribution in [1.82, 2.24) is 10.2 Å². The second-order valence-electron chi connectivity index (χ2n) is 4.77. The summed E-state index contributed by atoms with van der Waals surface area (Å²) in [6, 6.07) is 0. The van der Waals surface area contributed by atoms with Gasteiger partial charge in [0.2, 0.25) is 0 Å². The van der Waals surface area contributed by atoms with Crippen molar-refractivity contribution in [2.45, 2.75) is 12.5 Å². The van der Waals surface area contributed by atoms with Gasteiger partial charge >= 0.3 is 12.1 Å². The van der Waals surface area contributed by atoms with Crippen LogP contribution in [0.25, 0.3) is 0 Å². The molecule has 0 aromatic rings. The first-order valence-corrected chi connectivity index (χ1v) is 5.58. The minimum Gasteiger partial charge on any atom is -0.419 e. The van der Waals surface area contributed by atoms with Gasteiger partial charge in [-0.05, 0) is 0 Å². The van der Waals surface area contributed by atoms with Crippen molar-refractivity contribution in [3.05, 3.63) is 0 Å². The molecule has 2 rings (SSSR count). The number of ether oxygens (including phenoxy) is 2. The zero-order valence-corrected chi connectivity index (χ0v) is 10.1. The lowest BCUT2D eigenvalue weighted by Crippen LogP contribution is -2.73. The van der Waals surface area contributed by atoms with Crippen molar-refractivity contribution in [1.29, 1.82) is 0 Å². The van der Waals surface area contributed by atoms with Crippen LogP contribution >= 0.6 is 0 Å². The number of nitrogens with zero attached hydrogens (tertiary/aromatic N) is 1. The van der Waals surface area contributed by atoms with Crippen molar-refractivity contribution in [3.63, 3.8) is 0 Å². The van der Waals surface area contributed by atoms with E-state index in [0.29, 0.717) is 13.1 Å². The maximum Gasteiger partial charge on any atom is 0.491 e. The molecule has 1 unspecified atom stereocenters. The van der Waals surface area contributed by atoms with Gasteiger partial charge in [-0.1, -0.05) is 0 Å². The summed E-state index contributed by atoms with van der Waals surface area (Å²) in [5.74, 6) is -3.20. The van der Waals surface area contributed by atoms with Gasteiger partial charge in [-0.3, -0.25) is 4.79 Å². The Bertz CT molecular complexity index is 387. The number of methoxy groups -OCH3 is 1. The Morgan fingerprint density at radius 3 is 2.26 bits per heavy atom. The summed E-state index contributed by atoms with van der Waals surface area (Å²) in [4.78, 5) is 23.8. The molecule has 1 amide bonds. The standard InChI is InChI=1S/C10H13F3N2O4/c1-18-7(19-8(17)10(11,12)13)6(16)15-4-9(5-15)2-14-3-9/h7,14H,2-5H2,1H3. The SMILES string of the molecule is COC(OC(=O)C(F)(F)F)C(=O)N1CC2(CNC2)C1. The van der Waals surface area contributed by atoms with E-state index < -0.39 is 24.3 Å². The fraction of sp³-hybridized carbons (Fsp3) is 0.800. The third kappa shape index (κ3) is 2.66. The Balaban J connectivity index is 1.87. The summed E-state index contributed by atoms with van der Waals surface area (Å²) in [7, 11) is 1.01. The Morgan fingerprint density at radius 2 is 1.89 bits per heavy atom. The van der Waals surface area contributed by atoms with Gasteiger partial charge in [-0.2, -0.15) is 13.2 Å². The van der Waals surface area contributed by atoms with Crippen LogP contribution < -0.4 is 5.32 Å². The summed E-state index contributed by atoms with van der Waals surface area (Å²) in [6.45, 7) is 2.41. The van der Waals surface area contributed by atoms with E-state index in [-0.39, 0.29) is 5.41 Å². The molecule has 0 saturated carbocycles. The first-order chi connectivity index (χ1) is 8.77. The summed E-state index contributed by atoms with van der Waals surface area (Å²) in [6.07, 6.45) is -7.00. The molecule has 0 aromatic carbocycles. The van der Waals surface area contributed by atoms with Gasteiger partial charge in [0.05, 0.1) is 0 Å². The van der Waals surface area contributed by atoms with Crippen LogP contribution in [0.1, 0.15) is 0 Å². The van der Waals surface area contributed by atoms with E-state index in [9.17, 15) is 22.8 Å². The largest absolute Gasteiger partial charge is 0.491 e. The van der Waals surface area contributed by atoms with Gasteiger partial charge in [-0.25, -0.2) is 4.79 Å². The third-order valence-electron chi connectivity index (χ3n) is 3.23. The van der Waals surface area contributed by atoms with Crippen LogP contribution in [0.4, 0.5) is 13.2 Å². The van der Waals surface area contributed by atoms with Crippen LogP contribution in [0.2, 0.25) is 0 Å². The van der Waals surface area contributed by atoms with Gasteiger partial charge in [-0.15, -0.1) is 0 Å². The Kier molecular flexibility index (Phi) is 3.43. The summed E-state index contributed by atoms with van der Waals surface area (Å²) in [5.41, 5.74) is 0.0297. The second kappa shape index (κ2) is 4.64. The highest BCUT2D eigenvalue weighted by molar-refractivity contribution is 5.84. The van der Waals surface area contributed by atoms with Gasteiger partial charge in [0, 0.05) is 38.7 Å². The van der Waals surface area contributed by atoms with Crippen molar-refractivity contribution >= 4 is 11.9 Å². The van der Waals surface area contributed by atoms with Gasteiger partial charge < -0.3 is 19.7 Å². The summed E-state index contributed by atoms with van der Waals surface area (Å²) in [5, 5.41) is 3.06. The predicted molar refractivity (Wildman–Crippen MR) is 54.8 cm³/mol. The fourth-order valence-electron chi connectivity index (χ4n) is 2.13. The topological polar surface area (TPSA) is 67.9 Å². The van der Waals surface area contributed by atoms with Gasteiger partial charge in [0.1, 0.15) is 0 Å². The number of likely N-dealkylation sites (tertiary alicyclic amines) is 1. The van der Waals surface area contributed by atoms with Crippen molar-refractivity contribution in [2.24, 2.45) is 5.41 Å². The third-order valence-corrected chi connectivity index (χ3v) is 3.23. The average molecular weight is 282 g/mol. The smallest absolute Gasteiger partial charge is 0.419 e. The zero-order valence-electron chi connectivity index (χ0n) is 10.1. The highest BCUT2D eigenvalue weighted by Gasteiger charge is 2.51. The lowest BCUT2D eigenvalue weighted by molar-refractivity contribution is -0.227. The fourth-order valence-corrected chi connectivity index (χ4v) is 2.13. The maximum atomic E-state index is 12.0. The lowest BCUT2D eigenvalue weighted by atomic mass is 9.74. The van der Waals surface area contributed by atoms with Gasteiger partial charge in [0.15, 0.2) is 0 Å². The number of hydrogen-bond donors (Lipinski definition) is 1. The van der Waals surface area contributed by atoms with Crippen molar-refractivity contribution in [2.75, 3.05) is 33.3 Å². The molecular formula is C10H13F3N2O4. The molecule has 2 saturated heterocycles. The number of carbonyl (C=O) groups excluding carboxylic acids is 2. The molecule has 108 valence electrons. The quantitative estimate of drug-likeness (QED) is 0.558. The first kappa shape index (κ1) is 14.1. The number of esters is 1. The normalized spacial score (nSPS) is 22.4. The van der Waals surface area contributed by atoms with E-state index in [0.717, 1.165) is 20.2 Å². The van der Waals surface area contributed by atoms with E-state index in [2.05, 4.69) is 14.8 Å². The molecule has 0 bridgehead atoms. The summed E-state index contributed by atoms with van der Waals surface area (Å²) >= 11 is 0. The van der Waals surface area contributed by atoms with Crippen LogP contribution in [0, 0.1) is 5.41 Å². The molecule has 1 N–H and O–H groups in total. The predicted octanol–water partition coefficient (Wildman–Crippen LogP) is -0.504. The molecule has 2 aliphatic heterocycles. The van der Waals surface area contributed by atoms with E-state index in [1.165, 1.54) is 4.90 Å². The number of halogens is 3. The lowest BCUT2D eigenvalue weighted by Gasteiger charge is -2.56. The molecule has 1 spiro atoms. The second-order valence-corrected chi connectivity index (χ2v) is 4.77. The molecule has 2 heterocycles. The number of alkyl halides is 3. The molecule has 0 aliphatic carbocycles. The number of hydrogen-bond acceptors (Lipinski definition) is 5.